The lowest BCUT2D eigenvalue weighted by Crippen LogP contribution is -2.10. The van der Waals surface area contributed by atoms with Gasteiger partial charge in [0.2, 0.25) is 0 Å². The first-order chi connectivity index (χ1) is 5.84. The molecule has 0 atom stereocenters. The Kier molecular flexibility index (Phi) is 2.30. The van der Waals surface area contributed by atoms with Gasteiger partial charge in [-0.2, -0.15) is 0 Å². The van der Waals surface area contributed by atoms with E-state index in [1.807, 2.05) is 12.3 Å². The van der Waals surface area contributed by atoms with Crippen LogP contribution in [0.15, 0.2) is 27.4 Å². The van der Waals surface area contributed by atoms with Gasteiger partial charge in [-0.1, -0.05) is 0 Å². The summed E-state index contributed by atoms with van der Waals surface area (Å²) in [5.41, 5.74) is 1.06. The number of allylic oxidation sites excluding steroid dienone is 2. The summed E-state index contributed by atoms with van der Waals surface area (Å²) in [7, 11) is 0. The van der Waals surface area contributed by atoms with Gasteiger partial charge < -0.3 is 4.90 Å². The fraction of sp³-hybridized carbons (Fsp3) is 0.444. The molecule has 2 aliphatic rings. The molecule has 0 N–H and O–H groups in total. The van der Waals surface area contributed by atoms with E-state index in [0.29, 0.717) is 0 Å². The summed E-state index contributed by atoms with van der Waals surface area (Å²) in [5.74, 6) is 0. The van der Waals surface area contributed by atoms with Gasteiger partial charge in [0.25, 0.3) is 0 Å². The predicted octanol–water partition coefficient (Wildman–Crippen LogP) is 2.29. The van der Waals surface area contributed by atoms with Crippen LogP contribution in [0.5, 0.6) is 0 Å². The van der Waals surface area contributed by atoms with E-state index in [1.54, 1.807) is 0 Å². The summed E-state index contributed by atoms with van der Waals surface area (Å²) in [6, 6.07) is 0. The van der Waals surface area contributed by atoms with Crippen LogP contribution in [-0.4, -0.2) is 24.2 Å². The molecule has 0 aromatic rings. The second-order valence-corrected chi connectivity index (χ2v) is 4.00. The van der Waals surface area contributed by atoms with Gasteiger partial charge in [-0.05, 0) is 34.8 Å². The topological polar surface area (TPSA) is 15.6 Å². The molecule has 2 rings (SSSR count). The molecule has 0 saturated carbocycles. The summed E-state index contributed by atoms with van der Waals surface area (Å²) in [4.78, 5) is 6.56. The van der Waals surface area contributed by atoms with E-state index in [1.165, 1.54) is 25.9 Å². The third-order valence-electron chi connectivity index (χ3n) is 2.08. The lowest BCUT2D eigenvalue weighted by Gasteiger charge is -2.10. The van der Waals surface area contributed by atoms with Crippen molar-refractivity contribution < 1.29 is 0 Å². The molecule has 64 valence electrons. The Balaban J connectivity index is 2.04. The highest BCUT2D eigenvalue weighted by molar-refractivity contribution is 9.12. The minimum absolute atomic E-state index is 1.06. The van der Waals surface area contributed by atoms with Crippen LogP contribution in [-0.2, 0) is 0 Å². The Morgan fingerprint density at radius 1 is 1.42 bits per heavy atom. The van der Waals surface area contributed by atoms with E-state index in [9.17, 15) is 0 Å². The van der Waals surface area contributed by atoms with Gasteiger partial charge in [0, 0.05) is 30.0 Å². The van der Waals surface area contributed by atoms with Crippen molar-refractivity contribution in [3.63, 3.8) is 0 Å². The minimum atomic E-state index is 1.06. The summed E-state index contributed by atoms with van der Waals surface area (Å²) in [6.07, 6.45) is 8.65. The molecule has 0 aromatic carbocycles. The SMILES string of the molecule is BrC1=CC(=CN2CCCC2)N=C1. The highest BCUT2D eigenvalue weighted by atomic mass is 79.9. The van der Waals surface area contributed by atoms with Gasteiger partial charge in [0.1, 0.15) is 0 Å². The van der Waals surface area contributed by atoms with Crippen LogP contribution < -0.4 is 0 Å². The maximum atomic E-state index is 4.24. The smallest absolute Gasteiger partial charge is 0.0800 e. The molecule has 0 bridgehead atoms. The Bertz CT molecular complexity index is 260. The molecule has 1 fully saturated rings. The van der Waals surface area contributed by atoms with Crippen LogP contribution in [0, 0.1) is 0 Å². The number of aliphatic imine (C=N–C) groups is 1. The third-order valence-corrected chi connectivity index (χ3v) is 2.51. The molecular weight excluding hydrogens is 216 g/mol. The molecular formula is C9H11BrN2. The van der Waals surface area contributed by atoms with Crippen LogP contribution >= 0.6 is 15.9 Å². The Hall–Kier alpha value is -0.570. The molecule has 2 aliphatic heterocycles. The average molecular weight is 227 g/mol. The van der Waals surface area contributed by atoms with Crippen LogP contribution in [0.25, 0.3) is 0 Å². The molecule has 0 aliphatic carbocycles. The zero-order valence-electron chi connectivity index (χ0n) is 6.83. The van der Waals surface area contributed by atoms with E-state index in [4.69, 9.17) is 0 Å². The van der Waals surface area contributed by atoms with Crippen molar-refractivity contribution >= 4 is 22.1 Å². The molecule has 0 aromatic heterocycles. The molecule has 2 heterocycles. The molecule has 0 radical (unpaired) electrons. The molecule has 2 nitrogen and oxygen atoms in total. The van der Waals surface area contributed by atoms with Crippen LogP contribution in [0.3, 0.4) is 0 Å². The normalized spacial score (nSPS) is 25.6. The molecule has 0 unspecified atom stereocenters. The highest BCUT2D eigenvalue weighted by Crippen LogP contribution is 2.17. The van der Waals surface area contributed by atoms with Gasteiger partial charge in [-0.25, -0.2) is 0 Å². The van der Waals surface area contributed by atoms with Gasteiger partial charge in [-0.15, -0.1) is 0 Å². The zero-order valence-corrected chi connectivity index (χ0v) is 8.42. The largest absolute Gasteiger partial charge is 0.376 e. The molecule has 1 saturated heterocycles. The quantitative estimate of drug-likeness (QED) is 0.671. The first-order valence-electron chi connectivity index (χ1n) is 4.22. The number of likely N-dealkylation sites (tertiary alicyclic amines) is 1. The molecule has 0 spiro atoms. The Labute approximate surface area is 80.8 Å². The first-order valence-corrected chi connectivity index (χ1v) is 5.01. The van der Waals surface area contributed by atoms with Crippen molar-refractivity contribution in [2.75, 3.05) is 13.1 Å². The Morgan fingerprint density at radius 2 is 2.17 bits per heavy atom. The average Bonchev–Trinajstić information content (AvgIpc) is 2.63. The van der Waals surface area contributed by atoms with Gasteiger partial charge in [0.05, 0.1) is 5.70 Å². The fourth-order valence-corrected chi connectivity index (χ4v) is 1.82. The van der Waals surface area contributed by atoms with Crippen LogP contribution in [0.1, 0.15) is 12.8 Å². The van der Waals surface area contributed by atoms with Crippen molar-refractivity contribution in [2.24, 2.45) is 4.99 Å². The minimum Gasteiger partial charge on any atom is -0.376 e. The summed E-state index contributed by atoms with van der Waals surface area (Å²) in [6.45, 7) is 2.37. The summed E-state index contributed by atoms with van der Waals surface area (Å²) >= 11 is 3.38. The first kappa shape index (κ1) is 8.05. The van der Waals surface area contributed by atoms with Crippen molar-refractivity contribution in [1.29, 1.82) is 0 Å². The second-order valence-electron chi connectivity index (χ2n) is 3.08. The van der Waals surface area contributed by atoms with Gasteiger partial charge in [0.15, 0.2) is 0 Å². The lowest BCUT2D eigenvalue weighted by atomic mass is 10.4. The standard InChI is InChI=1S/C9H11BrN2/c10-8-5-9(11-6-8)7-12-3-1-2-4-12/h5-7H,1-4H2. The molecule has 3 heteroatoms. The Morgan fingerprint density at radius 3 is 2.75 bits per heavy atom. The fourth-order valence-electron chi connectivity index (χ4n) is 1.48. The monoisotopic (exact) mass is 226 g/mol. The van der Waals surface area contributed by atoms with Crippen LogP contribution in [0.2, 0.25) is 0 Å². The van der Waals surface area contributed by atoms with Crippen molar-refractivity contribution in [3.05, 3.63) is 22.5 Å². The van der Waals surface area contributed by atoms with Gasteiger partial charge in [-0.3, -0.25) is 4.99 Å². The number of rotatable bonds is 1. The van der Waals surface area contributed by atoms with E-state index < -0.39 is 0 Å². The number of hydrogen-bond donors (Lipinski definition) is 0. The second kappa shape index (κ2) is 3.44. The summed E-state index contributed by atoms with van der Waals surface area (Å²) < 4.78 is 1.06. The molecule has 12 heavy (non-hydrogen) atoms. The third kappa shape index (κ3) is 1.78. The zero-order chi connectivity index (χ0) is 8.39. The summed E-state index contributed by atoms with van der Waals surface area (Å²) in [5, 5.41) is 0. The van der Waals surface area contributed by atoms with Gasteiger partial charge >= 0.3 is 0 Å². The maximum Gasteiger partial charge on any atom is 0.0800 e. The number of hydrogen-bond acceptors (Lipinski definition) is 2. The maximum absolute atomic E-state index is 4.24. The van der Waals surface area contributed by atoms with Crippen molar-refractivity contribution in [1.82, 2.24) is 4.90 Å². The van der Waals surface area contributed by atoms with Crippen LogP contribution in [0.4, 0.5) is 0 Å². The lowest BCUT2D eigenvalue weighted by molar-refractivity contribution is 0.465. The highest BCUT2D eigenvalue weighted by Gasteiger charge is 2.09. The predicted molar refractivity (Wildman–Crippen MR) is 54.4 cm³/mol. The van der Waals surface area contributed by atoms with E-state index >= 15 is 0 Å². The van der Waals surface area contributed by atoms with E-state index in [0.717, 1.165) is 10.2 Å². The van der Waals surface area contributed by atoms with E-state index in [2.05, 4.69) is 32.0 Å². The van der Waals surface area contributed by atoms with Crippen molar-refractivity contribution in [2.45, 2.75) is 12.8 Å². The number of nitrogens with zero attached hydrogens (tertiary/aromatic N) is 2. The van der Waals surface area contributed by atoms with Crippen molar-refractivity contribution in [3.8, 4) is 0 Å². The number of halogens is 1. The molecule has 0 amide bonds. The van der Waals surface area contributed by atoms with E-state index in [-0.39, 0.29) is 0 Å².